The van der Waals surface area contributed by atoms with Crippen molar-refractivity contribution in [2.24, 2.45) is 0 Å². The molecule has 3 aromatic rings. The third kappa shape index (κ3) is 2.28. The van der Waals surface area contributed by atoms with Crippen LogP contribution in [0.1, 0.15) is 17.1 Å². The molecule has 0 aliphatic rings. The summed E-state index contributed by atoms with van der Waals surface area (Å²) in [6.45, 7) is 2.03. The second-order valence-electron chi connectivity index (χ2n) is 4.69. The molecule has 0 saturated heterocycles. The lowest BCUT2D eigenvalue weighted by Crippen LogP contribution is -1.93. The molecule has 0 radical (unpaired) electrons. The smallest absolute Gasteiger partial charge is 0.106 e. The number of imidazole rings is 1. The van der Waals surface area contributed by atoms with Gasteiger partial charge in [0, 0.05) is 18.3 Å². The highest BCUT2D eigenvalue weighted by molar-refractivity contribution is 5.82. The molecule has 0 unspecified atom stereocenters. The van der Waals surface area contributed by atoms with Crippen molar-refractivity contribution >= 4 is 10.8 Å². The normalized spacial score (nSPS) is 10.9. The van der Waals surface area contributed by atoms with Crippen molar-refractivity contribution in [2.45, 2.75) is 19.8 Å². The van der Waals surface area contributed by atoms with Crippen molar-refractivity contribution in [1.29, 1.82) is 0 Å². The minimum Gasteiger partial charge on any atom is -0.346 e. The summed E-state index contributed by atoms with van der Waals surface area (Å²) in [5, 5.41) is 2.61. The predicted octanol–water partition coefficient (Wildman–Crippen LogP) is 3.66. The van der Waals surface area contributed by atoms with Gasteiger partial charge in [-0.15, -0.1) is 0 Å². The molecule has 2 heteroatoms. The number of aromatic nitrogens is 2. The van der Waals surface area contributed by atoms with Crippen LogP contribution >= 0.6 is 0 Å². The van der Waals surface area contributed by atoms with Crippen molar-refractivity contribution in [1.82, 2.24) is 9.97 Å². The van der Waals surface area contributed by atoms with Crippen molar-refractivity contribution in [2.75, 3.05) is 0 Å². The first-order valence-corrected chi connectivity index (χ1v) is 6.29. The largest absolute Gasteiger partial charge is 0.346 e. The second kappa shape index (κ2) is 4.65. The molecule has 1 heterocycles. The van der Waals surface area contributed by atoms with Crippen LogP contribution in [0.4, 0.5) is 0 Å². The Labute approximate surface area is 107 Å². The van der Waals surface area contributed by atoms with Crippen LogP contribution in [0.3, 0.4) is 0 Å². The van der Waals surface area contributed by atoms with E-state index in [4.69, 9.17) is 0 Å². The standard InChI is InChI=1S/C16H16N2/c1-12-11-17-16(18-12)9-7-13-6-8-14-4-2-3-5-15(14)10-13/h2-6,8,10-11H,7,9H2,1H3,(H,17,18). The maximum atomic E-state index is 4.34. The van der Waals surface area contributed by atoms with E-state index in [1.165, 1.54) is 16.3 Å². The third-order valence-electron chi connectivity index (χ3n) is 3.22. The second-order valence-corrected chi connectivity index (χ2v) is 4.69. The Balaban J connectivity index is 1.78. The first-order valence-electron chi connectivity index (χ1n) is 6.29. The Morgan fingerprint density at radius 1 is 1.00 bits per heavy atom. The van der Waals surface area contributed by atoms with Crippen molar-refractivity contribution in [3.63, 3.8) is 0 Å². The van der Waals surface area contributed by atoms with E-state index < -0.39 is 0 Å². The summed E-state index contributed by atoms with van der Waals surface area (Å²) in [4.78, 5) is 7.61. The number of benzene rings is 2. The van der Waals surface area contributed by atoms with Gasteiger partial charge >= 0.3 is 0 Å². The van der Waals surface area contributed by atoms with E-state index >= 15 is 0 Å². The molecule has 0 amide bonds. The molecule has 90 valence electrons. The number of H-pyrrole nitrogens is 1. The van der Waals surface area contributed by atoms with E-state index in [2.05, 4.69) is 52.4 Å². The number of nitrogens with zero attached hydrogens (tertiary/aromatic N) is 1. The van der Waals surface area contributed by atoms with E-state index in [0.717, 1.165) is 24.4 Å². The lowest BCUT2D eigenvalue weighted by atomic mass is 10.0. The lowest BCUT2D eigenvalue weighted by molar-refractivity contribution is 0.882. The van der Waals surface area contributed by atoms with E-state index in [0.29, 0.717) is 0 Å². The van der Waals surface area contributed by atoms with Gasteiger partial charge in [-0.1, -0.05) is 42.5 Å². The molecular weight excluding hydrogens is 220 g/mol. The fourth-order valence-electron chi connectivity index (χ4n) is 2.25. The zero-order valence-corrected chi connectivity index (χ0v) is 10.5. The first-order chi connectivity index (χ1) is 8.81. The Morgan fingerprint density at radius 2 is 1.83 bits per heavy atom. The number of rotatable bonds is 3. The molecule has 0 atom stereocenters. The molecular formula is C16H16N2. The minimum atomic E-state index is 0.964. The van der Waals surface area contributed by atoms with Gasteiger partial charge in [-0.05, 0) is 29.7 Å². The van der Waals surface area contributed by atoms with E-state index in [1.54, 1.807) is 0 Å². The first kappa shape index (κ1) is 11.0. The quantitative estimate of drug-likeness (QED) is 0.738. The summed E-state index contributed by atoms with van der Waals surface area (Å²) in [5.41, 5.74) is 2.49. The van der Waals surface area contributed by atoms with Gasteiger partial charge in [0.15, 0.2) is 0 Å². The summed E-state index contributed by atoms with van der Waals surface area (Å²) in [5.74, 6) is 1.07. The van der Waals surface area contributed by atoms with E-state index in [1.807, 2.05) is 13.1 Å². The highest BCUT2D eigenvalue weighted by Gasteiger charge is 2.00. The van der Waals surface area contributed by atoms with Crippen LogP contribution in [-0.2, 0) is 12.8 Å². The fraction of sp³-hybridized carbons (Fsp3) is 0.188. The summed E-state index contributed by atoms with van der Waals surface area (Å²) in [6.07, 6.45) is 3.87. The van der Waals surface area contributed by atoms with Gasteiger partial charge in [0.2, 0.25) is 0 Å². The van der Waals surface area contributed by atoms with Gasteiger partial charge in [-0.2, -0.15) is 0 Å². The SMILES string of the molecule is Cc1cnc(CCc2ccc3ccccc3c2)[nH]1. The zero-order chi connectivity index (χ0) is 12.4. The van der Waals surface area contributed by atoms with Crippen LogP contribution in [0, 0.1) is 6.92 Å². The Bertz CT molecular complexity index is 667. The number of nitrogens with one attached hydrogen (secondary N) is 1. The molecule has 0 spiro atoms. The van der Waals surface area contributed by atoms with Crippen LogP contribution < -0.4 is 0 Å². The summed E-state index contributed by atoms with van der Waals surface area (Å²) >= 11 is 0. The van der Waals surface area contributed by atoms with E-state index in [-0.39, 0.29) is 0 Å². The van der Waals surface area contributed by atoms with Gasteiger partial charge in [-0.3, -0.25) is 0 Å². The molecule has 1 aromatic heterocycles. The number of hydrogen-bond acceptors (Lipinski definition) is 1. The molecule has 0 aliphatic heterocycles. The molecule has 18 heavy (non-hydrogen) atoms. The minimum absolute atomic E-state index is 0.964. The van der Waals surface area contributed by atoms with Crippen LogP contribution in [-0.4, -0.2) is 9.97 Å². The van der Waals surface area contributed by atoms with Crippen molar-refractivity contribution in [3.05, 3.63) is 65.7 Å². The number of aryl methyl sites for hydroxylation is 3. The molecule has 0 aliphatic carbocycles. The average molecular weight is 236 g/mol. The fourth-order valence-corrected chi connectivity index (χ4v) is 2.25. The van der Waals surface area contributed by atoms with Gasteiger partial charge in [0.1, 0.15) is 5.82 Å². The van der Waals surface area contributed by atoms with Crippen LogP contribution in [0.5, 0.6) is 0 Å². The molecule has 0 saturated carbocycles. The van der Waals surface area contributed by atoms with Gasteiger partial charge in [-0.25, -0.2) is 4.98 Å². The van der Waals surface area contributed by atoms with Gasteiger partial charge in [0.05, 0.1) is 0 Å². The Hall–Kier alpha value is -2.09. The monoisotopic (exact) mass is 236 g/mol. The van der Waals surface area contributed by atoms with Crippen LogP contribution in [0.25, 0.3) is 10.8 Å². The summed E-state index contributed by atoms with van der Waals surface area (Å²) in [6, 6.07) is 15.1. The summed E-state index contributed by atoms with van der Waals surface area (Å²) in [7, 11) is 0. The molecule has 2 nitrogen and oxygen atoms in total. The number of aromatic amines is 1. The van der Waals surface area contributed by atoms with Crippen molar-refractivity contribution < 1.29 is 0 Å². The van der Waals surface area contributed by atoms with Crippen LogP contribution in [0.2, 0.25) is 0 Å². The van der Waals surface area contributed by atoms with Crippen molar-refractivity contribution in [3.8, 4) is 0 Å². The molecule has 1 N–H and O–H groups in total. The number of hydrogen-bond donors (Lipinski definition) is 1. The molecule has 0 bridgehead atoms. The topological polar surface area (TPSA) is 28.7 Å². The predicted molar refractivity (Wildman–Crippen MR) is 74.7 cm³/mol. The van der Waals surface area contributed by atoms with Gasteiger partial charge < -0.3 is 4.98 Å². The van der Waals surface area contributed by atoms with Crippen LogP contribution in [0.15, 0.2) is 48.7 Å². The highest BCUT2D eigenvalue weighted by atomic mass is 14.9. The van der Waals surface area contributed by atoms with Gasteiger partial charge in [0.25, 0.3) is 0 Å². The Morgan fingerprint density at radius 3 is 2.61 bits per heavy atom. The number of fused-ring (bicyclic) bond motifs is 1. The zero-order valence-electron chi connectivity index (χ0n) is 10.5. The highest BCUT2D eigenvalue weighted by Crippen LogP contribution is 2.16. The summed E-state index contributed by atoms with van der Waals surface area (Å²) < 4.78 is 0. The molecule has 3 rings (SSSR count). The third-order valence-corrected chi connectivity index (χ3v) is 3.22. The van der Waals surface area contributed by atoms with E-state index in [9.17, 15) is 0 Å². The maximum absolute atomic E-state index is 4.34. The lowest BCUT2D eigenvalue weighted by Gasteiger charge is -2.02. The Kier molecular flexibility index (Phi) is 2.85. The average Bonchev–Trinajstić information content (AvgIpc) is 2.82. The molecule has 2 aromatic carbocycles. The maximum Gasteiger partial charge on any atom is 0.106 e. The molecule has 0 fully saturated rings.